The number of amides is 1. The number of carbonyl (C=O) groups is 1. The number of halogens is 4. The molecule has 1 aromatic heterocycles. The van der Waals surface area contributed by atoms with Crippen LogP contribution in [0.1, 0.15) is 31.2 Å². The fourth-order valence-electron chi connectivity index (χ4n) is 4.00. The van der Waals surface area contributed by atoms with E-state index >= 15 is 0 Å². The summed E-state index contributed by atoms with van der Waals surface area (Å²) in [4.78, 5) is 15.9. The molecule has 0 spiro atoms. The molecule has 0 radical (unpaired) electrons. The molecular weight excluding hydrogens is 421 g/mol. The van der Waals surface area contributed by atoms with Crippen LogP contribution in [0.2, 0.25) is 10.0 Å². The highest BCUT2D eigenvalue weighted by Crippen LogP contribution is 2.36. The van der Waals surface area contributed by atoms with Crippen molar-refractivity contribution in [1.82, 2.24) is 9.99 Å². The molecule has 1 saturated carbocycles. The maximum atomic E-state index is 13.3. The lowest BCUT2D eigenvalue weighted by Gasteiger charge is -2.31. The van der Waals surface area contributed by atoms with Crippen molar-refractivity contribution < 1.29 is 13.6 Å². The van der Waals surface area contributed by atoms with E-state index in [-0.39, 0.29) is 17.6 Å². The molecule has 1 aliphatic carbocycles. The summed E-state index contributed by atoms with van der Waals surface area (Å²) < 4.78 is 26.7. The Bertz CT molecular complexity index is 965. The second-order valence-corrected chi connectivity index (χ2v) is 8.08. The summed E-state index contributed by atoms with van der Waals surface area (Å²) in [5, 5.41) is 10.1. The fourth-order valence-corrected chi connectivity index (χ4v) is 4.46. The first-order valence-electron chi connectivity index (χ1n) is 9.34. The van der Waals surface area contributed by atoms with Gasteiger partial charge in [0.1, 0.15) is 5.71 Å². The standard InChI is InChI=1S/C20H18Cl2F2N4O/c21-12-6-5-11(15(22)7-12)10-28-16-4-2-1-3-14(16)19(27-28)20(29)25-13-8-17(23)26-18(24)9-13/h5-9,14,16H,1-4,10H2,(H,25,26,29). The van der Waals surface area contributed by atoms with Crippen LogP contribution < -0.4 is 5.32 Å². The van der Waals surface area contributed by atoms with Crippen LogP contribution in [0, 0.1) is 17.8 Å². The Morgan fingerprint density at radius 2 is 1.86 bits per heavy atom. The summed E-state index contributed by atoms with van der Waals surface area (Å²) in [7, 11) is 0. The Labute approximate surface area is 176 Å². The van der Waals surface area contributed by atoms with Crippen LogP contribution in [0.3, 0.4) is 0 Å². The Balaban J connectivity index is 1.57. The lowest BCUT2D eigenvalue weighted by Crippen LogP contribution is -2.38. The number of hydrazone groups is 1. The van der Waals surface area contributed by atoms with Crippen molar-refractivity contribution in [3.63, 3.8) is 0 Å². The predicted octanol–water partition coefficient (Wildman–Crippen LogP) is 5.04. The molecule has 2 unspecified atom stereocenters. The van der Waals surface area contributed by atoms with E-state index in [4.69, 9.17) is 23.2 Å². The van der Waals surface area contributed by atoms with Crippen molar-refractivity contribution in [2.45, 2.75) is 38.3 Å². The minimum atomic E-state index is -0.997. The van der Waals surface area contributed by atoms with Gasteiger partial charge in [0.25, 0.3) is 5.91 Å². The largest absolute Gasteiger partial charge is 0.321 e. The quantitative estimate of drug-likeness (QED) is 0.680. The summed E-state index contributed by atoms with van der Waals surface area (Å²) in [6, 6.07) is 7.32. The number of hydrogen-bond acceptors (Lipinski definition) is 4. The van der Waals surface area contributed by atoms with Gasteiger partial charge in [-0.15, -0.1) is 0 Å². The third-order valence-corrected chi connectivity index (χ3v) is 5.89. The first-order chi connectivity index (χ1) is 13.9. The smallest absolute Gasteiger partial charge is 0.272 e. The molecule has 2 aromatic rings. The van der Waals surface area contributed by atoms with Gasteiger partial charge in [0.2, 0.25) is 11.9 Å². The summed E-state index contributed by atoms with van der Waals surface area (Å²) in [6.45, 7) is 0.451. The minimum absolute atomic E-state index is 0.00857. The lowest BCUT2D eigenvalue weighted by atomic mass is 9.82. The van der Waals surface area contributed by atoms with E-state index in [1.54, 1.807) is 12.1 Å². The molecule has 9 heteroatoms. The van der Waals surface area contributed by atoms with Gasteiger partial charge in [0, 0.05) is 28.1 Å². The first-order valence-corrected chi connectivity index (χ1v) is 10.1. The van der Waals surface area contributed by atoms with Crippen LogP contribution in [0.5, 0.6) is 0 Å². The van der Waals surface area contributed by atoms with Crippen molar-refractivity contribution in [1.29, 1.82) is 0 Å². The lowest BCUT2D eigenvalue weighted by molar-refractivity contribution is -0.110. The van der Waals surface area contributed by atoms with E-state index in [0.717, 1.165) is 43.4 Å². The van der Waals surface area contributed by atoms with E-state index in [1.165, 1.54) is 0 Å². The summed E-state index contributed by atoms with van der Waals surface area (Å²) in [6.07, 6.45) is 3.80. The molecule has 1 N–H and O–H groups in total. The van der Waals surface area contributed by atoms with Crippen molar-refractivity contribution in [2.75, 3.05) is 5.32 Å². The number of pyridine rings is 1. The van der Waals surface area contributed by atoms with Gasteiger partial charge in [-0.05, 0) is 30.5 Å². The van der Waals surface area contributed by atoms with Gasteiger partial charge < -0.3 is 5.32 Å². The number of anilines is 1. The molecule has 1 amide bonds. The maximum Gasteiger partial charge on any atom is 0.272 e. The van der Waals surface area contributed by atoms with Gasteiger partial charge in [-0.25, -0.2) is 0 Å². The molecule has 2 heterocycles. The molecule has 152 valence electrons. The minimum Gasteiger partial charge on any atom is -0.321 e. The predicted molar refractivity (Wildman–Crippen MR) is 108 cm³/mol. The number of carbonyl (C=O) groups excluding carboxylic acids is 1. The van der Waals surface area contributed by atoms with Crippen LogP contribution in [0.25, 0.3) is 0 Å². The van der Waals surface area contributed by atoms with Gasteiger partial charge in [-0.3, -0.25) is 9.80 Å². The molecule has 1 fully saturated rings. The van der Waals surface area contributed by atoms with Crippen LogP contribution in [-0.2, 0) is 11.3 Å². The number of aromatic nitrogens is 1. The zero-order valence-electron chi connectivity index (χ0n) is 15.3. The van der Waals surface area contributed by atoms with Gasteiger partial charge in [0.15, 0.2) is 0 Å². The number of fused-ring (bicyclic) bond motifs is 1. The molecule has 0 saturated heterocycles. The van der Waals surface area contributed by atoms with E-state index in [2.05, 4.69) is 15.4 Å². The SMILES string of the molecule is O=C(Nc1cc(F)nc(F)c1)C1=NN(Cc2ccc(Cl)cc2Cl)C2CCCCC12. The van der Waals surface area contributed by atoms with E-state index in [1.807, 2.05) is 11.1 Å². The van der Waals surface area contributed by atoms with Crippen LogP contribution in [-0.4, -0.2) is 27.7 Å². The van der Waals surface area contributed by atoms with Crippen LogP contribution in [0.4, 0.5) is 14.5 Å². The topological polar surface area (TPSA) is 57.6 Å². The van der Waals surface area contributed by atoms with Crippen molar-refractivity contribution >= 4 is 40.5 Å². The molecule has 4 rings (SSSR count). The molecule has 1 aromatic carbocycles. The second-order valence-electron chi connectivity index (χ2n) is 7.23. The molecule has 29 heavy (non-hydrogen) atoms. The molecule has 0 bridgehead atoms. The highest BCUT2D eigenvalue weighted by atomic mass is 35.5. The summed E-state index contributed by atoms with van der Waals surface area (Å²) in [5.41, 5.74) is 1.25. The molecular formula is C20H18Cl2F2N4O. The van der Waals surface area contributed by atoms with Crippen molar-refractivity contribution in [2.24, 2.45) is 11.0 Å². The van der Waals surface area contributed by atoms with Crippen molar-refractivity contribution in [3.8, 4) is 0 Å². The normalized spacial score (nSPS) is 21.0. The number of hydrogen-bond donors (Lipinski definition) is 1. The van der Waals surface area contributed by atoms with Gasteiger partial charge in [-0.2, -0.15) is 18.9 Å². The highest BCUT2D eigenvalue weighted by molar-refractivity contribution is 6.44. The van der Waals surface area contributed by atoms with E-state index in [9.17, 15) is 13.6 Å². The molecule has 2 aliphatic rings. The Morgan fingerprint density at radius 1 is 1.14 bits per heavy atom. The van der Waals surface area contributed by atoms with Crippen molar-refractivity contribution in [3.05, 3.63) is 57.8 Å². The van der Waals surface area contributed by atoms with Gasteiger partial charge >= 0.3 is 0 Å². The molecule has 1 aliphatic heterocycles. The Kier molecular flexibility index (Phi) is 5.69. The third kappa shape index (κ3) is 4.36. The molecule has 5 nitrogen and oxygen atoms in total. The van der Waals surface area contributed by atoms with Crippen LogP contribution >= 0.6 is 23.2 Å². The van der Waals surface area contributed by atoms with Crippen LogP contribution in [0.15, 0.2) is 35.4 Å². The zero-order valence-corrected chi connectivity index (χ0v) is 16.9. The number of rotatable bonds is 4. The molecule has 2 atom stereocenters. The van der Waals surface area contributed by atoms with Gasteiger partial charge in [0.05, 0.1) is 18.3 Å². The van der Waals surface area contributed by atoms with Gasteiger partial charge in [-0.1, -0.05) is 42.1 Å². The average Bonchev–Trinajstić information content (AvgIpc) is 3.02. The number of benzene rings is 1. The van der Waals surface area contributed by atoms with E-state index in [0.29, 0.717) is 22.3 Å². The summed E-state index contributed by atoms with van der Waals surface area (Å²) in [5.74, 6) is -2.49. The Morgan fingerprint density at radius 3 is 2.59 bits per heavy atom. The second kappa shape index (κ2) is 8.24. The van der Waals surface area contributed by atoms with E-state index < -0.39 is 17.8 Å². The average molecular weight is 439 g/mol. The number of nitrogens with zero attached hydrogens (tertiary/aromatic N) is 3. The Hall–Kier alpha value is -2.25. The first kappa shape index (κ1) is 20.0. The highest BCUT2D eigenvalue weighted by Gasteiger charge is 2.41. The third-order valence-electron chi connectivity index (χ3n) is 5.30. The maximum absolute atomic E-state index is 13.3. The zero-order chi connectivity index (χ0) is 20.5. The fraction of sp³-hybridized carbons (Fsp3) is 0.350. The number of nitrogens with one attached hydrogen (secondary N) is 1. The summed E-state index contributed by atoms with van der Waals surface area (Å²) >= 11 is 12.3. The monoisotopic (exact) mass is 438 g/mol.